The van der Waals surface area contributed by atoms with Gasteiger partial charge >= 0.3 is 0 Å². The van der Waals surface area contributed by atoms with Crippen LogP contribution in [-0.2, 0) is 0 Å². The third-order valence-electron chi connectivity index (χ3n) is 4.36. The summed E-state index contributed by atoms with van der Waals surface area (Å²) in [4.78, 5) is 3.57. The lowest BCUT2D eigenvalue weighted by Gasteiger charge is -2.37. The maximum atomic E-state index is 3.75. The molecule has 1 fully saturated rings. The van der Waals surface area contributed by atoms with E-state index in [0.717, 1.165) is 0 Å². The molecule has 0 aromatic heterocycles. The van der Waals surface area contributed by atoms with Gasteiger partial charge in [0.1, 0.15) is 14.1 Å². The highest BCUT2D eigenvalue weighted by Gasteiger charge is 2.35. The lowest BCUT2D eigenvalue weighted by atomic mass is 9.92. The normalized spacial score (nSPS) is 24.5. The van der Waals surface area contributed by atoms with Crippen LogP contribution in [0.15, 0.2) is 23.1 Å². The van der Waals surface area contributed by atoms with Crippen LogP contribution in [0.4, 0.5) is 11.4 Å². The van der Waals surface area contributed by atoms with Crippen LogP contribution in [-0.4, -0.2) is 49.8 Å². The van der Waals surface area contributed by atoms with Gasteiger partial charge < -0.3 is 10.2 Å². The molecule has 20 heavy (non-hydrogen) atoms. The lowest BCUT2D eigenvalue weighted by Crippen LogP contribution is -2.41. The number of nitrogens with zero attached hydrogens (tertiary/aromatic N) is 2. The van der Waals surface area contributed by atoms with E-state index in [1.54, 1.807) is 5.71 Å². The van der Waals surface area contributed by atoms with E-state index in [1.807, 2.05) is 0 Å². The fraction of sp³-hybridized carbons (Fsp3) is 0.562. The van der Waals surface area contributed by atoms with Crippen LogP contribution in [0.25, 0.3) is 0 Å². The van der Waals surface area contributed by atoms with Crippen LogP contribution in [0.2, 0.25) is 0 Å². The first kappa shape index (κ1) is 13.8. The number of nitrogens with one attached hydrogen (secondary N) is 1. The molecular weight excluding hydrogens is 266 g/mol. The Kier molecular flexibility index (Phi) is 3.67. The van der Waals surface area contributed by atoms with Gasteiger partial charge in [0, 0.05) is 54.5 Å². The van der Waals surface area contributed by atoms with E-state index in [1.165, 1.54) is 35.5 Å². The number of fused-ring (bicyclic) bond motifs is 2. The van der Waals surface area contributed by atoms with Crippen molar-refractivity contribution in [2.75, 3.05) is 38.4 Å². The van der Waals surface area contributed by atoms with E-state index < -0.39 is 0 Å². The molecule has 1 heterocycles. The maximum Gasteiger partial charge on any atom is 0.153 e. The molecule has 0 unspecified atom stereocenters. The molecule has 3 rings (SSSR count). The third kappa shape index (κ3) is 2.53. The second kappa shape index (κ2) is 5.32. The Morgan fingerprint density at radius 2 is 2.10 bits per heavy atom. The molecule has 2 aliphatic rings. The van der Waals surface area contributed by atoms with Crippen molar-refractivity contribution in [1.29, 1.82) is 0 Å². The summed E-state index contributed by atoms with van der Waals surface area (Å²) in [6.45, 7) is 0. The van der Waals surface area contributed by atoms with Crippen LogP contribution in [0.1, 0.15) is 19.3 Å². The molecule has 0 radical (unpaired) electrons. The minimum atomic E-state index is 0.626. The van der Waals surface area contributed by atoms with Gasteiger partial charge in [-0.1, -0.05) is 0 Å². The molecule has 108 valence electrons. The van der Waals surface area contributed by atoms with Crippen molar-refractivity contribution in [2.45, 2.75) is 35.4 Å². The van der Waals surface area contributed by atoms with E-state index in [4.69, 9.17) is 0 Å². The highest BCUT2D eigenvalue weighted by Crippen LogP contribution is 2.43. The van der Waals surface area contributed by atoms with Gasteiger partial charge in [0.25, 0.3) is 0 Å². The highest BCUT2D eigenvalue weighted by atomic mass is 32.2. The van der Waals surface area contributed by atoms with E-state index in [2.05, 4.69) is 72.9 Å². The molecule has 4 heteroatoms. The number of hydrogen-bond acceptors (Lipinski definition) is 3. The summed E-state index contributed by atoms with van der Waals surface area (Å²) in [5.74, 6) is 0. The van der Waals surface area contributed by atoms with Gasteiger partial charge in [-0.25, -0.2) is 4.58 Å². The molecule has 1 saturated carbocycles. The average Bonchev–Trinajstić information content (AvgIpc) is 2.43. The first-order chi connectivity index (χ1) is 9.54. The third-order valence-corrected chi connectivity index (χ3v) is 5.75. The van der Waals surface area contributed by atoms with E-state index in [0.29, 0.717) is 11.3 Å². The van der Waals surface area contributed by atoms with Crippen molar-refractivity contribution >= 4 is 28.8 Å². The number of rotatable bonds is 1. The van der Waals surface area contributed by atoms with Crippen LogP contribution < -0.4 is 10.2 Å². The summed E-state index contributed by atoms with van der Waals surface area (Å²) in [6.07, 6.45) is 3.69. The molecule has 3 nitrogen and oxygen atoms in total. The molecule has 0 amide bonds. The highest BCUT2D eigenvalue weighted by molar-refractivity contribution is 8.00. The zero-order valence-electron chi connectivity index (χ0n) is 12.8. The minimum Gasteiger partial charge on any atom is -0.380 e. The van der Waals surface area contributed by atoms with E-state index >= 15 is 0 Å². The fourth-order valence-electron chi connectivity index (χ4n) is 3.05. The maximum absolute atomic E-state index is 3.75. The van der Waals surface area contributed by atoms with Crippen molar-refractivity contribution < 1.29 is 4.58 Å². The molecule has 1 aliphatic carbocycles. The number of thioether (sulfide) groups is 1. The molecule has 0 bridgehead atoms. The van der Waals surface area contributed by atoms with Gasteiger partial charge in [0.05, 0.1) is 0 Å². The minimum absolute atomic E-state index is 0.626. The average molecular weight is 290 g/mol. The summed E-state index contributed by atoms with van der Waals surface area (Å²) in [6, 6.07) is 7.38. The van der Waals surface area contributed by atoms with Crippen molar-refractivity contribution in [1.82, 2.24) is 0 Å². The zero-order valence-corrected chi connectivity index (χ0v) is 13.6. The Bertz CT molecular complexity index is 547. The molecule has 1 N–H and O–H groups in total. The Balaban J connectivity index is 1.86. The molecule has 0 spiro atoms. The Morgan fingerprint density at radius 3 is 2.80 bits per heavy atom. The summed E-state index contributed by atoms with van der Waals surface area (Å²) >= 11 is 2.06. The van der Waals surface area contributed by atoms with Crippen molar-refractivity contribution in [2.24, 2.45) is 0 Å². The summed E-state index contributed by atoms with van der Waals surface area (Å²) in [7, 11) is 8.55. The Hall–Kier alpha value is -1.16. The van der Waals surface area contributed by atoms with Gasteiger partial charge in [-0.3, -0.25) is 0 Å². The lowest BCUT2D eigenvalue weighted by molar-refractivity contribution is -0.467. The first-order valence-electron chi connectivity index (χ1n) is 7.31. The molecule has 0 saturated heterocycles. The van der Waals surface area contributed by atoms with Crippen molar-refractivity contribution in [3.05, 3.63) is 18.2 Å². The van der Waals surface area contributed by atoms with E-state index in [9.17, 15) is 0 Å². The van der Waals surface area contributed by atoms with Gasteiger partial charge in [-0.2, -0.15) is 0 Å². The largest absolute Gasteiger partial charge is 0.380 e. The van der Waals surface area contributed by atoms with Crippen molar-refractivity contribution in [3.63, 3.8) is 0 Å². The van der Waals surface area contributed by atoms with E-state index in [-0.39, 0.29) is 0 Å². The number of anilines is 2. The first-order valence-corrected chi connectivity index (χ1v) is 8.19. The van der Waals surface area contributed by atoms with Gasteiger partial charge in [0.2, 0.25) is 0 Å². The number of hydrogen-bond donors (Lipinski definition) is 1. The zero-order chi connectivity index (χ0) is 14.3. The summed E-state index contributed by atoms with van der Waals surface area (Å²) in [5.41, 5.74) is 4.19. The Morgan fingerprint density at radius 1 is 1.30 bits per heavy atom. The Labute approximate surface area is 126 Å². The predicted octanol–water partition coefficient (Wildman–Crippen LogP) is 2.90. The van der Waals surface area contributed by atoms with Gasteiger partial charge in [-0.05, 0) is 24.6 Å². The second-order valence-corrected chi connectivity index (χ2v) is 7.47. The van der Waals surface area contributed by atoms with Gasteiger partial charge in [0.15, 0.2) is 5.71 Å². The monoisotopic (exact) mass is 290 g/mol. The topological polar surface area (TPSA) is 18.3 Å². The second-order valence-electron chi connectivity index (χ2n) is 6.19. The smallest absolute Gasteiger partial charge is 0.153 e. The van der Waals surface area contributed by atoms with Crippen molar-refractivity contribution in [3.8, 4) is 0 Å². The SMILES string of the molecule is CN(C)c1ccc2c(c1)S[C@@H]1CC(=[N+](C)C)CC[C@H]1N2. The molecule has 1 aromatic rings. The summed E-state index contributed by atoms with van der Waals surface area (Å²) in [5, 5.41) is 4.43. The fourth-order valence-corrected chi connectivity index (χ4v) is 4.46. The molecule has 1 aliphatic heterocycles. The quantitative estimate of drug-likeness (QED) is 0.802. The van der Waals surface area contributed by atoms with Crippen LogP contribution >= 0.6 is 11.8 Å². The van der Waals surface area contributed by atoms with Gasteiger partial charge in [-0.15, -0.1) is 11.8 Å². The summed E-state index contributed by atoms with van der Waals surface area (Å²) < 4.78 is 2.31. The predicted molar refractivity (Wildman–Crippen MR) is 88.8 cm³/mol. The molecule has 2 atom stereocenters. The molecule has 1 aromatic carbocycles. The molecular formula is C16H24N3S+. The van der Waals surface area contributed by atoms with Crippen LogP contribution in [0.3, 0.4) is 0 Å². The van der Waals surface area contributed by atoms with Crippen LogP contribution in [0, 0.1) is 0 Å². The standard InChI is InChI=1S/C16H24N3S/c1-18(2)11-5-7-13-15(9-11)20-16-10-12(19(3)4)6-8-14(16)17-13/h5,7,9,14,16-17H,6,8,10H2,1-4H3/q+1/t14-,16-/m1/s1. The van der Waals surface area contributed by atoms with Crippen LogP contribution in [0.5, 0.6) is 0 Å². The number of benzene rings is 1.